The lowest BCUT2D eigenvalue weighted by molar-refractivity contribution is -0.370. The van der Waals surface area contributed by atoms with E-state index >= 15 is 0 Å². The van der Waals surface area contributed by atoms with Gasteiger partial charge in [-0.25, -0.2) is 14.7 Å². The first-order chi connectivity index (χ1) is 8.24. The Hall–Kier alpha value is -0.103. The molecular formula is C8H21NO7Si. The van der Waals surface area contributed by atoms with Crippen molar-refractivity contribution >= 4 is 9.05 Å². The van der Waals surface area contributed by atoms with Crippen molar-refractivity contribution in [1.82, 2.24) is 5.32 Å². The molecule has 0 spiro atoms. The fraction of sp³-hybridized carbons (Fsp3) is 1.00. The molecule has 0 aliphatic heterocycles. The van der Waals surface area contributed by atoms with Crippen molar-refractivity contribution in [1.29, 1.82) is 0 Å². The number of nitrogens with one attached hydrogen (secondary N) is 1. The van der Waals surface area contributed by atoms with Crippen LogP contribution in [-0.2, 0) is 32.8 Å². The maximum Gasteiger partial charge on any atom is 0.764 e. The van der Waals surface area contributed by atoms with Crippen molar-refractivity contribution in [2.24, 2.45) is 0 Å². The molecule has 0 unspecified atom stereocenters. The van der Waals surface area contributed by atoms with E-state index in [1.807, 2.05) is 6.92 Å². The lowest BCUT2D eigenvalue weighted by atomic mass is 10.4. The van der Waals surface area contributed by atoms with Crippen LogP contribution in [-0.4, -0.2) is 50.1 Å². The highest BCUT2D eigenvalue weighted by atomic mass is 28.4. The van der Waals surface area contributed by atoms with E-state index in [0.717, 1.165) is 19.5 Å². The van der Waals surface area contributed by atoms with E-state index in [-0.39, 0.29) is 0 Å². The van der Waals surface area contributed by atoms with Gasteiger partial charge in [0.05, 0.1) is 21.3 Å². The molecule has 17 heavy (non-hydrogen) atoms. The van der Waals surface area contributed by atoms with E-state index in [9.17, 15) is 0 Å². The van der Waals surface area contributed by atoms with Crippen LogP contribution in [0.25, 0.3) is 0 Å². The summed E-state index contributed by atoms with van der Waals surface area (Å²) in [5.74, 6) is 0. The van der Waals surface area contributed by atoms with Crippen molar-refractivity contribution in [3.8, 4) is 0 Å². The van der Waals surface area contributed by atoms with Gasteiger partial charge in [-0.3, -0.25) is 0 Å². The first kappa shape index (κ1) is 16.9. The van der Waals surface area contributed by atoms with Gasteiger partial charge in [-0.15, -0.1) is 0 Å². The maximum atomic E-state index is 5.35. The number of hydrogen-bond acceptors (Lipinski definition) is 8. The van der Waals surface area contributed by atoms with Gasteiger partial charge in [-0.2, -0.15) is 13.7 Å². The van der Waals surface area contributed by atoms with Crippen molar-refractivity contribution < 1.29 is 32.8 Å². The summed E-state index contributed by atoms with van der Waals surface area (Å²) in [6, 6.07) is 0. The molecule has 0 aromatic rings. The predicted octanol–water partition coefficient (Wildman–Crippen LogP) is 0.172. The molecular weight excluding hydrogens is 250 g/mol. The average molecular weight is 271 g/mol. The van der Waals surface area contributed by atoms with Crippen molar-refractivity contribution in [3.63, 3.8) is 0 Å². The molecule has 0 saturated carbocycles. The number of hydrogen-bond donors (Lipinski definition) is 1. The Morgan fingerprint density at radius 2 is 1.47 bits per heavy atom. The van der Waals surface area contributed by atoms with Crippen LogP contribution in [0.5, 0.6) is 0 Å². The zero-order valence-electron chi connectivity index (χ0n) is 10.7. The summed E-state index contributed by atoms with van der Waals surface area (Å²) in [5, 5.41) is 3.15. The lowest BCUT2D eigenvalue weighted by Crippen LogP contribution is -2.49. The molecule has 0 saturated heterocycles. The second-order valence-electron chi connectivity index (χ2n) is 2.81. The zero-order chi connectivity index (χ0) is 13.0. The predicted molar refractivity (Wildman–Crippen MR) is 59.1 cm³/mol. The average Bonchev–Trinajstić information content (AvgIpc) is 2.30. The SMILES string of the molecule is CCNCCCO[Si](OOC)(OOC)OOC. The highest BCUT2D eigenvalue weighted by molar-refractivity contribution is 6.52. The highest BCUT2D eigenvalue weighted by Crippen LogP contribution is 2.12. The zero-order valence-corrected chi connectivity index (χ0v) is 11.7. The van der Waals surface area contributed by atoms with Gasteiger partial charge in [-0.1, -0.05) is 6.92 Å². The first-order valence-corrected chi connectivity index (χ1v) is 6.88. The number of rotatable bonds is 12. The largest absolute Gasteiger partial charge is 0.764 e. The molecule has 0 heterocycles. The second-order valence-corrected chi connectivity index (χ2v) is 4.59. The Bertz CT molecular complexity index is 157. The Labute approximate surface area is 102 Å². The van der Waals surface area contributed by atoms with E-state index < -0.39 is 9.05 Å². The third-order valence-corrected chi connectivity index (χ3v) is 3.25. The molecule has 0 rings (SSSR count). The van der Waals surface area contributed by atoms with E-state index in [2.05, 4.69) is 20.0 Å². The van der Waals surface area contributed by atoms with Crippen LogP contribution in [0, 0.1) is 0 Å². The Balaban J connectivity index is 4.05. The Morgan fingerprint density at radius 1 is 0.941 bits per heavy atom. The summed E-state index contributed by atoms with van der Waals surface area (Å²) in [6.07, 6.45) is 0.760. The molecule has 0 amide bonds. The van der Waals surface area contributed by atoms with E-state index in [4.69, 9.17) is 18.2 Å². The van der Waals surface area contributed by atoms with Gasteiger partial charge in [0.15, 0.2) is 0 Å². The first-order valence-electron chi connectivity index (χ1n) is 5.24. The van der Waals surface area contributed by atoms with Gasteiger partial charge >= 0.3 is 9.05 Å². The van der Waals surface area contributed by atoms with Crippen LogP contribution in [0.1, 0.15) is 13.3 Å². The summed E-state index contributed by atoms with van der Waals surface area (Å²) in [7, 11) is 0.372. The second kappa shape index (κ2) is 11.0. The minimum absolute atomic E-state index is 0.356. The van der Waals surface area contributed by atoms with Gasteiger partial charge in [0.25, 0.3) is 0 Å². The molecule has 104 valence electrons. The van der Waals surface area contributed by atoms with Crippen LogP contribution in [0.2, 0.25) is 0 Å². The molecule has 0 bridgehead atoms. The molecule has 0 aliphatic carbocycles. The minimum atomic E-state index is -3.55. The van der Waals surface area contributed by atoms with E-state index in [0.29, 0.717) is 6.61 Å². The summed E-state index contributed by atoms with van der Waals surface area (Å²) in [5.41, 5.74) is 0. The van der Waals surface area contributed by atoms with Crippen LogP contribution in [0.4, 0.5) is 0 Å². The van der Waals surface area contributed by atoms with Gasteiger partial charge in [-0.05, 0) is 19.5 Å². The van der Waals surface area contributed by atoms with Crippen LogP contribution in [0.15, 0.2) is 0 Å². The molecule has 0 aliphatic rings. The molecule has 0 radical (unpaired) electrons. The molecule has 0 aromatic heterocycles. The maximum absolute atomic E-state index is 5.35. The third kappa shape index (κ3) is 7.75. The third-order valence-electron chi connectivity index (χ3n) is 1.58. The Kier molecular flexibility index (Phi) is 10.9. The van der Waals surface area contributed by atoms with Gasteiger partial charge in [0.1, 0.15) is 0 Å². The molecule has 0 aromatic carbocycles. The summed E-state index contributed by atoms with van der Waals surface area (Å²) in [4.78, 5) is 13.5. The quantitative estimate of drug-likeness (QED) is 0.233. The standard InChI is InChI=1S/C8H21NO7Si/c1-5-9-7-6-8-13-17(14-10-2,15-11-3)16-12-4/h9H,5-8H2,1-4H3. The topological polar surface area (TPSA) is 76.6 Å². The normalized spacial score (nSPS) is 12.0. The van der Waals surface area contributed by atoms with Crippen LogP contribution in [0.3, 0.4) is 0 Å². The fourth-order valence-electron chi connectivity index (χ4n) is 0.991. The monoisotopic (exact) mass is 271 g/mol. The highest BCUT2D eigenvalue weighted by Gasteiger charge is 2.51. The lowest BCUT2D eigenvalue weighted by Gasteiger charge is -2.22. The summed E-state index contributed by atoms with van der Waals surface area (Å²) < 4.78 is 19.8. The van der Waals surface area contributed by atoms with Crippen molar-refractivity contribution in [2.45, 2.75) is 13.3 Å². The van der Waals surface area contributed by atoms with E-state index in [1.165, 1.54) is 21.3 Å². The van der Waals surface area contributed by atoms with Crippen molar-refractivity contribution in [3.05, 3.63) is 0 Å². The smallest absolute Gasteiger partial charge is 0.347 e. The molecule has 1 N–H and O–H groups in total. The van der Waals surface area contributed by atoms with Crippen LogP contribution < -0.4 is 5.32 Å². The van der Waals surface area contributed by atoms with Crippen molar-refractivity contribution in [2.75, 3.05) is 41.0 Å². The fourth-order valence-corrected chi connectivity index (χ4v) is 2.23. The molecule has 0 atom stereocenters. The van der Waals surface area contributed by atoms with Crippen LogP contribution >= 0.6 is 0 Å². The minimum Gasteiger partial charge on any atom is -0.347 e. The molecule has 0 fully saturated rings. The molecule has 8 nitrogen and oxygen atoms in total. The summed E-state index contributed by atoms with van der Waals surface area (Å²) >= 11 is 0. The van der Waals surface area contributed by atoms with E-state index in [1.54, 1.807) is 0 Å². The Morgan fingerprint density at radius 3 is 1.88 bits per heavy atom. The van der Waals surface area contributed by atoms with Gasteiger partial charge in [0.2, 0.25) is 0 Å². The summed E-state index contributed by atoms with van der Waals surface area (Å²) in [6.45, 7) is 4.10. The van der Waals surface area contributed by atoms with Gasteiger partial charge in [0, 0.05) is 6.61 Å². The molecule has 9 heteroatoms. The van der Waals surface area contributed by atoms with Gasteiger partial charge < -0.3 is 9.74 Å².